The lowest BCUT2D eigenvalue weighted by atomic mass is 9.46. The normalized spacial score (nSPS) is 46.1. The Kier molecular flexibility index (Phi) is 5.72. The van der Waals surface area contributed by atoms with Crippen molar-refractivity contribution in [2.45, 2.75) is 96.1 Å². The van der Waals surface area contributed by atoms with Crippen LogP contribution in [0.25, 0.3) is 0 Å². The summed E-state index contributed by atoms with van der Waals surface area (Å²) in [6.07, 6.45) is 8.90. The second kappa shape index (κ2) is 7.71. The van der Waals surface area contributed by atoms with Gasteiger partial charge >= 0.3 is 11.9 Å². The van der Waals surface area contributed by atoms with Gasteiger partial charge in [0.2, 0.25) is 0 Å². The number of rotatable bonds is 3. The first-order valence-electron chi connectivity index (χ1n) is 11.7. The molecule has 0 unspecified atom stereocenters. The molecule has 0 aromatic carbocycles. The zero-order chi connectivity index (χ0) is 22.8. The molecule has 0 N–H and O–H groups in total. The lowest BCUT2D eigenvalue weighted by Gasteiger charge is -2.59. The van der Waals surface area contributed by atoms with Crippen LogP contribution in [0.2, 0.25) is 0 Å². The van der Waals surface area contributed by atoms with Crippen molar-refractivity contribution in [1.82, 2.24) is 0 Å². The number of esters is 2. The fourth-order valence-corrected chi connectivity index (χ4v) is 9.37. The first-order valence-corrected chi connectivity index (χ1v) is 12.6. The molecule has 0 bridgehead atoms. The van der Waals surface area contributed by atoms with Crippen LogP contribution in [0.5, 0.6) is 0 Å². The summed E-state index contributed by atoms with van der Waals surface area (Å²) in [6, 6.07) is 0. The minimum absolute atomic E-state index is 0.00466. The van der Waals surface area contributed by atoms with Gasteiger partial charge in [-0.05, 0) is 68.6 Å². The van der Waals surface area contributed by atoms with Gasteiger partial charge < -0.3 is 9.47 Å². The maximum atomic E-state index is 13.0. The molecule has 172 valence electrons. The molecule has 0 saturated heterocycles. The van der Waals surface area contributed by atoms with Crippen LogP contribution < -0.4 is 0 Å². The molecule has 0 amide bonds. The summed E-state index contributed by atoms with van der Waals surface area (Å²) in [4.78, 5) is 36.3. The zero-order valence-corrected chi connectivity index (χ0v) is 20.9. The smallest absolute Gasteiger partial charge is 0.303 e. The Bertz CT molecular complexity index is 836. The van der Waals surface area contributed by atoms with Crippen LogP contribution in [-0.2, 0) is 23.9 Å². The van der Waals surface area contributed by atoms with Gasteiger partial charge in [-0.3, -0.25) is 14.4 Å². The number of allylic oxidation sites excluding steroid dienone is 1. The van der Waals surface area contributed by atoms with E-state index in [0.717, 1.165) is 44.9 Å². The molecule has 3 saturated carbocycles. The molecule has 0 aromatic heterocycles. The molecule has 0 spiro atoms. The fourth-order valence-electron chi connectivity index (χ4n) is 8.03. The van der Waals surface area contributed by atoms with Crippen LogP contribution in [0.4, 0.5) is 0 Å². The van der Waals surface area contributed by atoms with Crippen molar-refractivity contribution in [3.05, 3.63) is 11.6 Å². The van der Waals surface area contributed by atoms with Gasteiger partial charge in [-0.15, -0.1) is 0 Å². The Labute approximate surface area is 193 Å². The monoisotopic (exact) mass is 494 g/mol. The summed E-state index contributed by atoms with van der Waals surface area (Å²) in [7, 11) is 0. The Morgan fingerprint density at radius 3 is 2.35 bits per heavy atom. The van der Waals surface area contributed by atoms with Gasteiger partial charge in [0.1, 0.15) is 6.10 Å². The molecule has 4 aliphatic carbocycles. The lowest BCUT2D eigenvalue weighted by Crippen LogP contribution is -2.60. The van der Waals surface area contributed by atoms with Gasteiger partial charge in [-0.1, -0.05) is 41.4 Å². The van der Waals surface area contributed by atoms with E-state index in [1.165, 1.54) is 19.4 Å². The first-order chi connectivity index (χ1) is 14.5. The van der Waals surface area contributed by atoms with E-state index in [0.29, 0.717) is 17.8 Å². The molecule has 0 heterocycles. The highest BCUT2D eigenvalue weighted by Gasteiger charge is 2.71. The van der Waals surface area contributed by atoms with E-state index in [4.69, 9.17) is 9.47 Å². The number of carbonyl (C=O) groups is 3. The number of hydrogen-bond donors (Lipinski definition) is 0. The maximum absolute atomic E-state index is 13.0. The van der Waals surface area contributed by atoms with Gasteiger partial charge in [0.15, 0.2) is 11.4 Å². The topological polar surface area (TPSA) is 69.7 Å². The molecule has 5 nitrogen and oxygen atoms in total. The number of Topliss-reactive ketones (excluding diaryl/α,β-unsaturated/α-hetero) is 1. The molecule has 4 rings (SSSR count). The largest absolute Gasteiger partial charge is 0.462 e. The summed E-state index contributed by atoms with van der Waals surface area (Å²) in [5, 5.41) is 0. The van der Waals surface area contributed by atoms with Crippen molar-refractivity contribution < 1.29 is 23.9 Å². The second-order valence-electron chi connectivity index (χ2n) is 10.8. The van der Waals surface area contributed by atoms with E-state index in [-0.39, 0.29) is 39.5 Å². The molecule has 6 heteroatoms. The standard InChI is InChI=1S/C25H35BrO5/c1-14(27)25(31-16(3)29)22(26)13-21-19-7-6-17-12-18(30-15(2)28)8-10-23(17,4)20(19)9-11-24(21,25)5/h6,18-22H,7-13H2,1-5H3/t18-,19+,20-,21-,22-,23-,24-,25+/m0/s1. The molecular formula is C25H35BrO5. The number of ketones is 1. The zero-order valence-electron chi connectivity index (χ0n) is 19.3. The van der Waals surface area contributed by atoms with Gasteiger partial charge in [-0.2, -0.15) is 0 Å². The summed E-state index contributed by atoms with van der Waals surface area (Å²) >= 11 is 3.78. The lowest BCUT2D eigenvalue weighted by molar-refractivity contribution is -0.185. The number of halogens is 1. The molecular weight excluding hydrogens is 460 g/mol. The molecule has 4 aliphatic rings. The first kappa shape index (κ1) is 23.0. The highest BCUT2D eigenvalue weighted by atomic mass is 79.9. The third kappa shape index (κ3) is 3.26. The SMILES string of the molecule is CC(=O)O[C@H]1CC[C@@]2(C)C(=CC[C@@H]3[C@@H]2CC[C@@]2(C)[C@H]3C[C@H](Br)[C@]2(OC(C)=O)C(C)=O)C1. The van der Waals surface area contributed by atoms with Gasteiger partial charge in [-0.25, -0.2) is 0 Å². The van der Waals surface area contributed by atoms with Crippen molar-refractivity contribution in [2.24, 2.45) is 28.6 Å². The summed E-state index contributed by atoms with van der Waals surface area (Å²) in [5.41, 5.74) is 0.107. The van der Waals surface area contributed by atoms with Crippen molar-refractivity contribution in [3.8, 4) is 0 Å². The summed E-state index contributed by atoms with van der Waals surface area (Å²) < 4.78 is 11.4. The highest BCUT2D eigenvalue weighted by molar-refractivity contribution is 9.09. The molecule has 31 heavy (non-hydrogen) atoms. The van der Waals surface area contributed by atoms with Crippen LogP contribution >= 0.6 is 15.9 Å². The third-order valence-electron chi connectivity index (χ3n) is 9.36. The van der Waals surface area contributed by atoms with E-state index in [1.807, 2.05) is 0 Å². The molecule has 3 fully saturated rings. The minimum Gasteiger partial charge on any atom is -0.462 e. The van der Waals surface area contributed by atoms with Crippen LogP contribution in [0.15, 0.2) is 11.6 Å². The van der Waals surface area contributed by atoms with E-state index < -0.39 is 5.60 Å². The van der Waals surface area contributed by atoms with Crippen LogP contribution in [0.3, 0.4) is 0 Å². The van der Waals surface area contributed by atoms with Crippen molar-refractivity contribution >= 4 is 33.7 Å². The predicted molar refractivity (Wildman–Crippen MR) is 121 cm³/mol. The number of ether oxygens (including phenoxy) is 2. The molecule has 8 atom stereocenters. The Hall–Kier alpha value is -1.17. The summed E-state index contributed by atoms with van der Waals surface area (Å²) in [6.45, 7) is 9.05. The number of carbonyl (C=O) groups excluding carboxylic acids is 3. The van der Waals surface area contributed by atoms with E-state index in [9.17, 15) is 14.4 Å². The van der Waals surface area contributed by atoms with Crippen LogP contribution in [0, 0.1) is 28.6 Å². The van der Waals surface area contributed by atoms with E-state index >= 15 is 0 Å². The van der Waals surface area contributed by atoms with Crippen molar-refractivity contribution in [1.29, 1.82) is 0 Å². The number of fused-ring (bicyclic) bond motifs is 5. The van der Waals surface area contributed by atoms with Crippen molar-refractivity contribution in [3.63, 3.8) is 0 Å². The van der Waals surface area contributed by atoms with Crippen LogP contribution in [0.1, 0.15) is 79.6 Å². The fraction of sp³-hybridized carbons (Fsp3) is 0.800. The molecule has 0 aromatic rings. The summed E-state index contributed by atoms with van der Waals surface area (Å²) in [5.74, 6) is 0.702. The number of alkyl halides is 1. The van der Waals surface area contributed by atoms with E-state index in [1.54, 1.807) is 6.92 Å². The van der Waals surface area contributed by atoms with Gasteiger partial charge in [0.25, 0.3) is 0 Å². The molecule has 0 aliphatic heterocycles. The highest BCUT2D eigenvalue weighted by Crippen LogP contribution is 2.69. The van der Waals surface area contributed by atoms with Crippen LogP contribution in [-0.4, -0.2) is 34.3 Å². The quantitative estimate of drug-likeness (QED) is 0.308. The van der Waals surface area contributed by atoms with Gasteiger partial charge in [0, 0.05) is 25.7 Å². The maximum Gasteiger partial charge on any atom is 0.303 e. The second-order valence-corrected chi connectivity index (χ2v) is 11.9. The van der Waals surface area contributed by atoms with Crippen molar-refractivity contribution in [2.75, 3.05) is 0 Å². The minimum atomic E-state index is -1.09. The average Bonchev–Trinajstić information content (AvgIpc) is 2.89. The third-order valence-corrected chi connectivity index (χ3v) is 10.4. The predicted octanol–water partition coefficient (Wildman–Crippen LogP) is 5.15. The van der Waals surface area contributed by atoms with Gasteiger partial charge in [0.05, 0.1) is 4.83 Å². The Morgan fingerprint density at radius 2 is 1.74 bits per heavy atom. The Balaban J connectivity index is 1.67. The van der Waals surface area contributed by atoms with E-state index in [2.05, 4.69) is 35.9 Å². The average molecular weight is 495 g/mol. The number of hydrogen-bond acceptors (Lipinski definition) is 5. The molecule has 0 radical (unpaired) electrons. The Morgan fingerprint density at radius 1 is 1.03 bits per heavy atom.